The lowest BCUT2D eigenvalue weighted by Gasteiger charge is -2.26. The second-order valence-corrected chi connectivity index (χ2v) is 6.67. The lowest BCUT2D eigenvalue weighted by Crippen LogP contribution is -2.42. The number of thiophene rings is 1. The summed E-state index contributed by atoms with van der Waals surface area (Å²) in [5.74, 6) is 0. The molecule has 1 aliphatic heterocycles. The van der Waals surface area contributed by atoms with Gasteiger partial charge in [0.05, 0.1) is 3.79 Å². The van der Waals surface area contributed by atoms with E-state index in [1.165, 1.54) is 13.1 Å². The lowest BCUT2D eigenvalue weighted by molar-refractivity contribution is 0.235. The highest BCUT2D eigenvalue weighted by Gasteiger charge is 2.12. The van der Waals surface area contributed by atoms with Crippen molar-refractivity contribution in [2.75, 3.05) is 26.2 Å². The van der Waals surface area contributed by atoms with Crippen LogP contribution in [0.15, 0.2) is 14.3 Å². The van der Waals surface area contributed by atoms with Crippen LogP contribution in [0.25, 0.3) is 0 Å². The van der Waals surface area contributed by atoms with Crippen molar-refractivity contribution in [3.63, 3.8) is 0 Å². The topological polar surface area (TPSA) is 15.3 Å². The van der Waals surface area contributed by atoms with Gasteiger partial charge in [0.1, 0.15) is 0 Å². The zero-order valence-electron chi connectivity index (χ0n) is 7.72. The number of nitrogens with zero attached hydrogens (tertiary/aromatic N) is 1. The molecule has 0 aliphatic carbocycles. The van der Waals surface area contributed by atoms with Gasteiger partial charge in [-0.1, -0.05) is 0 Å². The molecule has 0 spiro atoms. The average Bonchev–Trinajstić information content (AvgIpc) is 2.47. The normalized spacial score (nSPS) is 18.7. The monoisotopic (exact) mass is 338 g/mol. The zero-order valence-corrected chi connectivity index (χ0v) is 11.7. The SMILES string of the molecule is Brc1cc(CN2CCNCC2)sc1Br. The fourth-order valence-electron chi connectivity index (χ4n) is 1.56. The van der Waals surface area contributed by atoms with E-state index in [0.717, 1.165) is 32.7 Å². The Hall–Kier alpha value is 0.580. The molecule has 78 valence electrons. The minimum Gasteiger partial charge on any atom is -0.314 e. The maximum atomic E-state index is 3.52. The standard InChI is InChI=1S/C9H12Br2N2S/c10-8-5-7(14-9(8)11)6-13-3-1-12-2-4-13/h5,12H,1-4,6H2. The smallest absolute Gasteiger partial charge is 0.0843 e. The molecule has 1 N–H and O–H groups in total. The van der Waals surface area contributed by atoms with Crippen LogP contribution >= 0.6 is 43.2 Å². The summed E-state index contributed by atoms with van der Waals surface area (Å²) in [5.41, 5.74) is 0. The first-order valence-corrected chi connectivity index (χ1v) is 7.03. The highest BCUT2D eigenvalue weighted by atomic mass is 79.9. The predicted molar refractivity (Wildman–Crippen MR) is 67.9 cm³/mol. The summed E-state index contributed by atoms with van der Waals surface area (Å²) in [4.78, 5) is 3.91. The predicted octanol–water partition coefficient (Wildman–Crippen LogP) is 2.68. The summed E-state index contributed by atoms with van der Waals surface area (Å²) in [6.07, 6.45) is 0. The van der Waals surface area contributed by atoms with Gasteiger partial charge < -0.3 is 5.32 Å². The second-order valence-electron chi connectivity index (χ2n) is 3.36. The maximum Gasteiger partial charge on any atom is 0.0843 e. The molecule has 0 atom stereocenters. The molecule has 1 aromatic rings. The molecular weight excluding hydrogens is 328 g/mol. The molecule has 1 aromatic heterocycles. The van der Waals surface area contributed by atoms with Crippen molar-refractivity contribution in [2.45, 2.75) is 6.54 Å². The molecular formula is C9H12Br2N2S. The van der Waals surface area contributed by atoms with Crippen LogP contribution in [-0.2, 0) is 6.54 Å². The van der Waals surface area contributed by atoms with Gasteiger partial charge in [-0.15, -0.1) is 11.3 Å². The van der Waals surface area contributed by atoms with E-state index in [4.69, 9.17) is 0 Å². The number of piperazine rings is 1. The molecule has 0 radical (unpaired) electrons. The summed E-state index contributed by atoms with van der Waals surface area (Å²) in [6, 6.07) is 2.21. The van der Waals surface area contributed by atoms with Gasteiger partial charge in [-0.25, -0.2) is 0 Å². The van der Waals surface area contributed by atoms with Crippen LogP contribution in [-0.4, -0.2) is 31.1 Å². The number of halogens is 2. The van der Waals surface area contributed by atoms with E-state index in [2.05, 4.69) is 48.1 Å². The van der Waals surface area contributed by atoms with Gasteiger partial charge in [0.25, 0.3) is 0 Å². The summed E-state index contributed by atoms with van der Waals surface area (Å²) in [5, 5.41) is 3.36. The molecule has 0 bridgehead atoms. The van der Waals surface area contributed by atoms with Crippen molar-refractivity contribution in [1.82, 2.24) is 10.2 Å². The first-order chi connectivity index (χ1) is 6.75. The third-order valence-corrected chi connectivity index (χ3v) is 5.53. The van der Waals surface area contributed by atoms with Gasteiger partial charge in [0, 0.05) is 42.1 Å². The van der Waals surface area contributed by atoms with Crippen molar-refractivity contribution >= 4 is 43.2 Å². The quantitative estimate of drug-likeness (QED) is 0.891. The lowest BCUT2D eigenvalue weighted by atomic mass is 10.3. The van der Waals surface area contributed by atoms with E-state index in [-0.39, 0.29) is 0 Å². The summed E-state index contributed by atoms with van der Waals surface area (Å²) >= 11 is 8.85. The van der Waals surface area contributed by atoms with Crippen LogP contribution < -0.4 is 5.32 Å². The molecule has 0 unspecified atom stereocenters. The minimum atomic E-state index is 1.08. The first-order valence-electron chi connectivity index (χ1n) is 4.62. The summed E-state index contributed by atoms with van der Waals surface area (Å²) in [7, 11) is 0. The molecule has 2 rings (SSSR count). The highest BCUT2D eigenvalue weighted by molar-refractivity contribution is 9.13. The molecule has 1 saturated heterocycles. The Kier molecular flexibility index (Phi) is 4.01. The van der Waals surface area contributed by atoms with Crippen LogP contribution in [0, 0.1) is 0 Å². The van der Waals surface area contributed by atoms with Crippen LogP contribution in [0.2, 0.25) is 0 Å². The van der Waals surface area contributed by atoms with Crippen LogP contribution in [0.3, 0.4) is 0 Å². The molecule has 2 nitrogen and oxygen atoms in total. The Morgan fingerprint density at radius 2 is 2.07 bits per heavy atom. The Morgan fingerprint density at radius 1 is 1.36 bits per heavy atom. The molecule has 0 amide bonds. The molecule has 0 saturated carbocycles. The summed E-state index contributed by atoms with van der Waals surface area (Å²) in [6.45, 7) is 5.64. The minimum absolute atomic E-state index is 1.08. The molecule has 1 aliphatic rings. The van der Waals surface area contributed by atoms with Crippen LogP contribution in [0.1, 0.15) is 4.88 Å². The van der Waals surface area contributed by atoms with Crippen molar-refractivity contribution in [2.24, 2.45) is 0 Å². The third-order valence-electron chi connectivity index (χ3n) is 2.29. The summed E-state index contributed by atoms with van der Waals surface area (Å²) < 4.78 is 2.37. The Labute approximate surface area is 105 Å². The zero-order chi connectivity index (χ0) is 9.97. The number of nitrogens with one attached hydrogen (secondary N) is 1. The van der Waals surface area contributed by atoms with Gasteiger partial charge in [0.15, 0.2) is 0 Å². The van der Waals surface area contributed by atoms with E-state index < -0.39 is 0 Å². The van der Waals surface area contributed by atoms with Gasteiger partial charge in [0.2, 0.25) is 0 Å². The van der Waals surface area contributed by atoms with Crippen LogP contribution in [0.4, 0.5) is 0 Å². The number of hydrogen-bond donors (Lipinski definition) is 1. The van der Waals surface area contributed by atoms with Crippen molar-refractivity contribution in [1.29, 1.82) is 0 Å². The Morgan fingerprint density at radius 3 is 2.64 bits per heavy atom. The first kappa shape index (κ1) is 11.1. The Balaban J connectivity index is 1.95. The van der Waals surface area contributed by atoms with Gasteiger partial charge in [-0.2, -0.15) is 0 Å². The number of rotatable bonds is 2. The molecule has 1 fully saturated rings. The van der Waals surface area contributed by atoms with Crippen molar-refractivity contribution in [3.8, 4) is 0 Å². The molecule has 0 aromatic carbocycles. The van der Waals surface area contributed by atoms with E-state index >= 15 is 0 Å². The molecule has 2 heterocycles. The maximum absolute atomic E-state index is 3.52. The van der Waals surface area contributed by atoms with E-state index in [1.807, 2.05) is 11.3 Å². The van der Waals surface area contributed by atoms with Gasteiger partial charge in [-0.3, -0.25) is 4.90 Å². The Bertz CT molecular complexity index is 288. The van der Waals surface area contributed by atoms with E-state index in [1.54, 1.807) is 0 Å². The van der Waals surface area contributed by atoms with Crippen LogP contribution in [0.5, 0.6) is 0 Å². The second kappa shape index (κ2) is 5.07. The molecule has 14 heavy (non-hydrogen) atoms. The molecule has 5 heteroatoms. The largest absolute Gasteiger partial charge is 0.314 e. The van der Waals surface area contributed by atoms with Gasteiger partial charge in [-0.05, 0) is 37.9 Å². The van der Waals surface area contributed by atoms with Crippen molar-refractivity contribution < 1.29 is 0 Å². The third kappa shape index (κ3) is 2.79. The van der Waals surface area contributed by atoms with Gasteiger partial charge >= 0.3 is 0 Å². The van der Waals surface area contributed by atoms with E-state index in [0.29, 0.717) is 0 Å². The average molecular weight is 340 g/mol. The fourth-order valence-corrected chi connectivity index (χ4v) is 3.78. The van der Waals surface area contributed by atoms with E-state index in [9.17, 15) is 0 Å². The van der Waals surface area contributed by atoms with Crippen molar-refractivity contribution in [3.05, 3.63) is 19.2 Å². The fraction of sp³-hybridized carbons (Fsp3) is 0.556. The highest BCUT2D eigenvalue weighted by Crippen LogP contribution is 2.32. The number of hydrogen-bond acceptors (Lipinski definition) is 3.